The number of halogens is 2. The van der Waals surface area contributed by atoms with E-state index >= 15 is 0 Å². The Morgan fingerprint density at radius 2 is 1.90 bits per heavy atom. The number of nitrogens with zero attached hydrogens (tertiary/aromatic N) is 1. The lowest BCUT2D eigenvalue weighted by atomic mass is 10.0. The first-order valence-electron chi connectivity index (χ1n) is 8.74. The third kappa shape index (κ3) is 5.25. The van der Waals surface area contributed by atoms with Crippen LogP contribution in [-0.4, -0.2) is 43.5 Å². The second-order valence-electron chi connectivity index (χ2n) is 6.40. The number of hydrogen-bond donors (Lipinski definition) is 3. The molecule has 0 spiro atoms. The molecule has 1 aliphatic heterocycles. The zero-order chi connectivity index (χ0) is 21.8. The average Bonchev–Trinajstić information content (AvgIpc) is 3.20. The van der Waals surface area contributed by atoms with Gasteiger partial charge >= 0.3 is 10.2 Å². The minimum atomic E-state index is -4.02. The van der Waals surface area contributed by atoms with Gasteiger partial charge in [0.05, 0.1) is 11.7 Å². The molecule has 11 heteroatoms. The summed E-state index contributed by atoms with van der Waals surface area (Å²) >= 11 is 0. The van der Waals surface area contributed by atoms with E-state index in [0.717, 1.165) is 29.4 Å². The van der Waals surface area contributed by atoms with E-state index < -0.39 is 51.0 Å². The Balaban J connectivity index is 2.33. The number of amides is 1. The van der Waals surface area contributed by atoms with Gasteiger partial charge in [0.15, 0.2) is 11.6 Å². The van der Waals surface area contributed by atoms with E-state index in [1.807, 2.05) is 5.32 Å². The quantitative estimate of drug-likeness (QED) is 0.430. The van der Waals surface area contributed by atoms with Gasteiger partial charge in [-0.2, -0.15) is 12.7 Å². The van der Waals surface area contributed by atoms with Crippen molar-refractivity contribution in [1.29, 1.82) is 0 Å². The van der Waals surface area contributed by atoms with Crippen molar-refractivity contribution < 1.29 is 26.8 Å². The number of anilines is 2. The van der Waals surface area contributed by atoms with Crippen molar-refractivity contribution in [2.45, 2.75) is 25.8 Å². The number of nitrogens with two attached hydrogens (primary N) is 1. The normalized spacial score (nSPS) is 16.3. The topological polar surface area (TPSA) is 122 Å². The highest BCUT2D eigenvalue weighted by Crippen LogP contribution is 2.28. The second-order valence-corrected chi connectivity index (χ2v) is 8.07. The minimum absolute atomic E-state index is 0.255. The van der Waals surface area contributed by atoms with Gasteiger partial charge in [-0.3, -0.25) is 14.3 Å². The van der Waals surface area contributed by atoms with Crippen LogP contribution in [0, 0.1) is 11.6 Å². The van der Waals surface area contributed by atoms with E-state index in [-0.39, 0.29) is 5.57 Å². The molecule has 1 heterocycles. The number of hydrogen-bond acceptors (Lipinski definition) is 5. The molecule has 158 valence electrons. The molecule has 1 aromatic carbocycles. The third-order valence-corrected chi connectivity index (χ3v) is 5.83. The van der Waals surface area contributed by atoms with Crippen LogP contribution in [0.5, 0.6) is 0 Å². The molecule has 1 aromatic rings. The van der Waals surface area contributed by atoms with Crippen LogP contribution in [0.2, 0.25) is 0 Å². The molecule has 1 saturated heterocycles. The van der Waals surface area contributed by atoms with Crippen LogP contribution in [0.3, 0.4) is 0 Å². The molecular formula is C18H22F2N4O4S. The van der Waals surface area contributed by atoms with Crippen molar-refractivity contribution in [1.82, 2.24) is 4.31 Å². The lowest BCUT2D eigenvalue weighted by molar-refractivity contribution is -0.119. The summed E-state index contributed by atoms with van der Waals surface area (Å²) in [6, 6.07) is 0.397. The van der Waals surface area contributed by atoms with Gasteiger partial charge in [0.1, 0.15) is 11.5 Å². The standard InChI is InChI=1S/C18H22F2N4O4S/c1-3-6-12(16(21)11(2)25)18(26)22-17-13(19)7-8-14(15(17)20)23-29(27,28)24-9-4-5-10-24/h3,6-8,16,23H,1,4-5,9-10,21H2,2H3,(H,22,26)/b12-6+. The van der Waals surface area contributed by atoms with E-state index in [9.17, 15) is 26.8 Å². The maximum Gasteiger partial charge on any atom is 0.301 e. The highest BCUT2D eigenvalue weighted by atomic mass is 32.2. The highest BCUT2D eigenvalue weighted by molar-refractivity contribution is 7.90. The van der Waals surface area contributed by atoms with Gasteiger partial charge in [-0.1, -0.05) is 18.7 Å². The Kier molecular flexibility index (Phi) is 7.22. The van der Waals surface area contributed by atoms with E-state index in [1.54, 1.807) is 0 Å². The van der Waals surface area contributed by atoms with E-state index in [4.69, 9.17) is 5.73 Å². The molecule has 1 atom stereocenters. The van der Waals surface area contributed by atoms with Crippen LogP contribution in [0.1, 0.15) is 19.8 Å². The summed E-state index contributed by atoms with van der Waals surface area (Å²) in [6.07, 6.45) is 3.72. The Bertz CT molecular complexity index is 957. The molecule has 0 aliphatic carbocycles. The van der Waals surface area contributed by atoms with Crippen LogP contribution in [-0.2, 0) is 19.8 Å². The smallest absolute Gasteiger partial charge is 0.301 e. The number of Topliss-reactive ketones (excluding diaryl/α,β-unsaturated/α-hetero) is 1. The molecule has 1 aliphatic rings. The number of benzene rings is 1. The maximum atomic E-state index is 14.8. The monoisotopic (exact) mass is 428 g/mol. The summed E-state index contributed by atoms with van der Waals surface area (Å²) in [5.41, 5.74) is 3.99. The van der Waals surface area contributed by atoms with Crippen molar-refractivity contribution in [3.8, 4) is 0 Å². The van der Waals surface area contributed by atoms with Crippen molar-refractivity contribution in [3.05, 3.63) is 48.1 Å². The summed E-state index contributed by atoms with van der Waals surface area (Å²) in [5.74, 6) is -4.00. The first-order valence-corrected chi connectivity index (χ1v) is 10.2. The first-order chi connectivity index (χ1) is 13.6. The largest absolute Gasteiger partial charge is 0.318 e. The fourth-order valence-electron chi connectivity index (χ4n) is 2.73. The van der Waals surface area contributed by atoms with Crippen molar-refractivity contribution in [2.24, 2.45) is 5.73 Å². The first kappa shape index (κ1) is 22.7. The van der Waals surface area contributed by atoms with Crippen LogP contribution < -0.4 is 15.8 Å². The molecule has 29 heavy (non-hydrogen) atoms. The summed E-state index contributed by atoms with van der Waals surface area (Å²) < 4.78 is 56.8. The van der Waals surface area contributed by atoms with Gasteiger partial charge in [0, 0.05) is 18.7 Å². The number of allylic oxidation sites excluding steroid dienone is 2. The van der Waals surface area contributed by atoms with Crippen LogP contribution >= 0.6 is 0 Å². The Morgan fingerprint density at radius 1 is 1.28 bits per heavy atom. The second kappa shape index (κ2) is 9.25. The molecule has 0 aromatic heterocycles. The molecule has 1 unspecified atom stereocenters. The number of ketones is 1. The fraction of sp³-hybridized carbons (Fsp3) is 0.333. The molecule has 0 radical (unpaired) electrons. The van der Waals surface area contributed by atoms with Crippen LogP contribution in [0.25, 0.3) is 0 Å². The summed E-state index contributed by atoms with van der Waals surface area (Å²) in [7, 11) is -4.02. The Hall–Kier alpha value is -2.63. The van der Waals surface area contributed by atoms with Gasteiger partial charge in [0.2, 0.25) is 0 Å². The van der Waals surface area contributed by atoms with E-state index in [1.165, 1.54) is 6.08 Å². The van der Waals surface area contributed by atoms with Crippen LogP contribution in [0.4, 0.5) is 20.2 Å². The molecule has 4 N–H and O–H groups in total. The van der Waals surface area contributed by atoms with E-state index in [0.29, 0.717) is 25.9 Å². The predicted octanol–water partition coefficient (Wildman–Crippen LogP) is 1.68. The van der Waals surface area contributed by atoms with Crippen molar-refractivity contribution >= 4 is 33.3 Å². The molecule has 0 saturated carbocycles. The van der Waals surface area contributed by atoms with Crippen molar-refractivity contribution in [2.75, 3.05) is 23.1 Å². The molecule has 1 amide bonds. The van der Waals surface area contributed by atoms with Gasteiger partial charge in [0.25, 0.3) is 5.91 Å². The number of carbonyl (C=O) groups is 2. The Labute approximate surface area is 167 Å². The zero-order valence-corrected chi connectivity index (χ0v) is 16.6. The third-order valence-electron chi connectivity index (χ3n) is 4.31. The molecule has 8 nitrogen and oxygen atoms in total. The zero-order valence-electron chi connectivity index (χ0n) is 15.7. The highest BCUT2D eigenvalue weighted by Gasteiger charge is 2.28. The number of nitrogens with one attached hydrogen (secondary N) is 2. The molecule has 1 fully saturated rings. The van der Waals surface area contributed by atoms with Gasteiger partial charge in [-0.15, -0.1) is 0 Å². The average molecular weight is 428 g/mol. The number of carbonyl (C=O) groups excluding carboxylic acids is 2. The SMILES string of the molecule is C=C/C=C(/C(=O)Nc1c(F)ccc(NS(=O)(=O)N2CCCC2)c1F)C(N)C(C)=O. The fourth-order valence-corrected chi connectivity index (χ4v) is 4.03. The van der Waals surface area contributed by atoms with Gasteiger partial charge in [-0.25, -0.2) is 8.78 Å². The van der Waals surface area contributed by atoms with Gasteiger partial charge in [-0.05, 0) is 31.9 Å². The van der Waals surface area contributed by atoms with Crippen molar-refractivity contribution in [3.63, 3.8) is 0 Å². The molecule has 0 bridgehead atoms. The number of rotatable bonds is 8. The lowest BCUT2D eigenvalue weighted by Gasteiger charge is -2.19. The van der Waals surface area contributed by atoms with E-state index in [2.05, 4.69) is 11.3 Å². The summed E-state index contributed by atoms with van der Waals surface area (Å²) in [4.78, 5) is 23.9. The molecule has 2 rings (SSSR count). The maximum absolute atomic E-state index is 14.8. The lowest BCUT2D eigenvalue weighted by Crippen LogP contribution is -2.36. The van der Waals surface area contributed by atoms with Gasteiger partial charge < -0.3 is 11.1 Å². The predicted molar refractivity (Wildman–Crippen MR) is 105 cm³/mol. The minimum Gasteiger partial charge on any atom is -0.318 e. The summed E-state index contributed by atoms with van der Waals surface area (Å²) in [5, 5.41) is 2.01. The van der Waals surface area contributed by atoms with Crippen LogP contribution in [0.15, 0.2) is 36.4 Å². The Morgan fingerprint density at radius 3 is 2.45 bits per heavy atom. The summed E-state index contributed by atoms with van der Waals surface area (Å²) in [6.45, 7) is 5.15. The molecular weight excluding hydrogens is 406 g/mol.